The van der Waals surface area contributed by atoms with E-state index in [9.17, 15) is 18.3 Å². The number of aliphatic hydroxyl groups is 1. The SMILES string of the molecule is CC(C)N(CC(F)(F)F)c1ccc([C@H](C)O)cc1Cl. The lowest BCUT2D eigenvalue weighted by atomic mass is 10.1. The van der Waals surface area contributed by atoms with E-state index in [1.54, 1.807) is 26.8 Å². The molecule has 1 aromatic carbocycles. The molecular weight excluding hydrogens is 279 g/mol. The molecule has 19 heavy (non-hydrogen) atoms. The third kappa shape index (κ3) is 4.58. The highest BCUT2D eigenvalue weighted by atomic mass is 35.5. The van der Waals surface area contributed by atoms with Gasteiger partial charge in [-0.3, -0.25) is 0 Å². The lowest BCUT2D eigenvalue weighted by Gasteiger charge is -2.31. The fourth-order valence-corrected chi connectivity index (χ4v) is 2.05. The molecular formula is C13H17ClF3NO. The van der Waals surface area contributed by atoms with Crippen LogP contribution in [-0.2, 0) is 0 Å². The van der Waals surface area contributed by atoms with E-state index in [-0.39, 0.29) is 11.1 Å². The number of anilines is 1. The third-order valence-electron chi connectivity index (χ3n) is 2.74. The molecule has 0 aliphatic rings. The first-order chi connectivity index (χ1) is 8.61. The zero-order valence-electron chi connectivity index (χ0n) is 11.0. The Morgan fingerprint density at radius 2 is 1.84 bits per heavy atom. The maximum Gasteiger partial charge on any atom is 0.405 e. The van der Waals surface area contributed by atoms with Crippen LogP contribution in [0.4, 0.5) is 18.9 Å². The molecule has 0 fully saturated rings. The molecule has 1 rings (SSSR count). The Bertz CT molecular complexity index is 432. The van der Waals surface area contributed by atoms with E-state index in [2.05, 4.69) is 0 Å². The van der Waals surface area contributed by atoms with Crippen LogP contribution in [0.1, 0.15) is 32.4 Å². The molecule has 0 aromatic heterocycles. The van der Waals surface area contributed by atoms with E-state index in [1.165, 1.54) is 17.0 Å². The number of nitrogens with zero attached hydrogens (tertiary/aromatic N) is 1. The number of hydrogen-bond acceptors (Lipinski definition) is 2. The fraction of sp³-hybridized carbons (Fsp3) is 0.538. The van der Waals surface area contributed by atoms with Crippen molar-refractivity contribution in [3.63, 3.8) is 0 Å². The fourth-order valence-electron chi connectivity index (χ4n) is 1.76. The summed E-state index contributed by atoms with van der Waals surface area (Å²) in [5.41, 5.74) is 0.892. The topological polar surface area (TPSA) is 23.5 Å². The van der Waals surface area contributed by atoms with Crippen LogP contribution < -0.4 is 4.90 Å². The molecule has 0 saturated carbocycles. The summed E-state index contributed by atoms with van der Waals surface area (Å²) in [5.74, 6) is 0. The molecule has 2 nitrogen and oxygen atoms in total. The average Bonchev–Trinajstić information content (AvgIpc) is 2.24. The van der Waals surface area contributed by atoms with Gasteiger partial charge in [0, 0.05) is 6.04 Å². The molecule has 108 valence electrons. The van der Waals surface area contributed by atoms with Crippen molar-refractivity contribution in [2.45, 2.75) is 39.1 Å². The molecule has 0 saturated heterocycles. The normalized spacial score (nSPS) is 13.7. The molecule has 1 N–H and O–H groups in total. The van der Waals surface area contributed by atoms with Crippen molar-refractivity contribution in [2.75, 3.05) is 11.4 Å². The van der Waals surface area contributed by atoms with Crippen LogP contribution >= 0.6 is 11.6 Å². The Labute approximate surface area is 115 Å². The van der Waals surface area contributed by atoms with Gasteiger partial charge in [-0.15, -0.1) is 0 Å². The van der Waals surface area contributed by atoms with E-state index in [1.807, 2.05) is 0 Å². The van der Waals surface area contributed by atoms with Crippen LogP contribution in [-0.4, -0.2) is 23.9 Å². The third-order valence-corrected chi connectivity index (χ3v) is 3.04. The highest BCUT2D eigenvalue weighted by Crippen LogP contribution is 2.32. The van der Waals surface area contributed by atoms with E-state index in [4.69, 9.17) is 11.6 Å². The molecule has 0 aliphatic carbocycles. The standard InChI is InChI=1S/C13H17ClF3NO/c1-8(2)18(7-13(15,16)17)12-5-4-10(9(3)19)6-11(12)14/h4-6,8-9,19H,7H2,1-3H3/t9-/m0/s1. The Morgan fingerprint density at radius 1 is 1.26 bits per heavy atom. The van der Waals surface area contributed by atoms with Gasteiger partial charge in [0.05, 0.1) is 16.8 Å². The summed E-state index contributed by atoms with van der Waals surface area (Å²) in [5, 5.41) is 9.63. The minimum Gasteiger partial charge on any atom is -0.389 e. The maximum absolute atomic E-state index is 12.6. The van der Waals surface area contributed by atoms with Gasteiger partial charge in [-0.2, -0.15) is 13.2 Å². The second-order valence-electron chi connectivity index (χ2n) is 4.72. The van der Waals surface area contributed by atoms with Gasteiger partial charge in [0.25, 0.3) is 0 Å². The first kappa shape index (κ1) is 16.1. The minimum atomic E-state index is -4.30. The first-order valence-electron chi connectivity index (χ1n) is 5.92. The number of benzene rings is 1. The molecule has 0 spiro atoms. The van der Waals surface area contributed by atoms with Crippen molar-refractivity contribution >= 4 is 17.3 Å². The molecule has 0 heterocycles. The number of alkyl halides is 3. The maximum atomic E-state index is 12.6. The predicted octanol–water partition coefficient (Wildman–Crippen LogP) is 4.17. The monoisotopic (exact) mass is 295 g/mol. The second-order valence-corrected chi connectivity index (χ2v) is 5.13. The summed E-state index contributed by atoms with van der Waals surface area (Å²) >= 11 is 6.02. The van der Waals surface area contributed by atoms with Gasteiger partial charge in [0.15, 0.2) is 0 Å². The van der Waals surface area contributed by atoms with Crippen LogP contribution in [0, 0.1) is 0 Å². The number of hydrogen-bond donors (Lipinski definition) is 1. The predicted molar refractivity (Wildman–Crippen MR) is 70.6 cm³/mol. The van der Waals surface area contributed by atoms with E-state index < -0.39 is 18.8 Å². The van der Waals surface area contributed by atoms with Gasteiger partial charge in [-0.25, -0.2) is 0 Å². The molecule has 0 bridgehead atoms. The van der Waals surface area contributed by atoms with Crippen molar-refractivity contribution in [2.24, 2.45) is 0 Å². The number of rotatable bonds is 4. The minimum absolute atomic E-state index is 0.205. The number of aliphatic hydroxyl groups excluding tert-OH is 1. The van der Waals surface area contributed by atoms with Crippen molar-refractivity contribution in [3.8, 4) is 0 Å². The summed E-state index contributed by atoms with van der Waals surface area (Å²) in [7, 11) is 0. The molecule has 0 amide bonds. The lowest BCUT2D eigenvalue weighted by molar-refractivity contribution is -0.120. The van der Waals surface area contributed by atoms with Gasteiger partial charge >= 0.3 is 6.18 Å². The Hall–Kier alpha value is -0.940. The van der Waals surface area contributed by atoms with Crippen molar-refractivity contribution in [1.29, 1.82) is 0 Å². The zero-order valence-corrected chi connectivity index (χ0v) is 11.8. The largest absolute Gasteiger partial charge is 0.405 e. The summed E-state index contributed by atoms with van der Waals surface area (Å²) in [6, 6.07) is 4.25. The van der Waals surface area contributed by atoms with Crippen LogP contribution in [0.5, 0.6) is 0 Å². The summed E-state index contributed by atoms with van der Waals surface area (Å²) < 4.78 is 37.7. The summed E-state index contributed by atoms with van der Waals surface area (Å²) in [6.45, 7) is 3.86. The Morgan fingerprint density at radius 3 is 2.21 bits per heavy atom. The van der Waals surface area contributed by atoms with Crippen molar-refractivity contribution < 1.29 is 18.3 Å². The van der Waals surface area contributed by atoms with Gasteiger partial charge in [0.1, 0.15) is 6.54 Å². The van der Waals surface area contributed by atoms with E-state index in [0.29, 0.717) is 11.3 Å². The molecule has 0 unspecified atom stereocenters. The second kappa shape index (κ2) is 6.01. The lowest BCUT2D eigenvalue weighted by Crippen LogP contribution is -2.39. The molecule has 6 heteroatoms. The quantitative estimate of drug-likeness (QED) is 0.901. The van der Waals surface area contributed by atoms with Crippen molar-refractivity contribution in [1.82, 2.24) is 0 Å². The molecule has 1 atom stereocenters. The molecule has 0 radical (unpaired) electrons. The van der Waals surface area contributed by atoms with Crippen LogP contribution in [0.3, 0.4) is 0 Å². The van der Waals surface area contributed by atoms with Gasteiger partial charge in [0.2, 0.25) is 0 Å². The molecule has 0 aliphatic heterocycles. The van der Waals surface area contributed by atoms with Gasteiger partial charge < -0.3 is 10.0 Å². The number of halogens is 4. The highest BCUT2D eigenvalue weighted by Gasteiger charge is 2.32. The highest BCUT2D eigenvalue weighted by molar-refractivity contribution is 6.33. The van der Waals surface area contributed by atoms with Crippen molar-refractivity contribution in [3.05, 3.63) is 28.8 Å². The van der Waals surface area contributed by atoms with Crippen LogP contribution in [0.15, 0.2) is 18.2 Å². The van der Waals surface area contributed by atoms with Gasteiger partial charge in [-0.05, 0) is 38.5 Å². The average molecular weight is 296 g/mol. The Kier molecular flexibility index (Phi) is 5.10. The smallest absolute Gasteiger partial charge is 0.389 e. The van der Waals surface area contributed by atoms with E-state index in [0.717, 1.165) is 0 Å². The first-order valence-corrected chi connectivity index (χ1v) is 6.30. The zero-order chi connectivity index (χ0) is 14.8. The van der Waals surface area contributed by atoms with Gasteiger partial charge in [-0.1, -0.05) is 17.7 Å². The summed E-state index contributed by atoms with van der Waals surface area (Å²) in [6.07, 6.45) is -5.00. The van der Waals surface area contributed by atoms with Crippen LogP contribution in [0.2, 0.25) is 5.02 Å². The summed E-state index contributed by atoms with van der Waals surface area (Å²) in [4.78, 5) is 1.19. The Balaban J connectivity index is 3.10. The van der Waals surface area contributed by atoms with E-state index >= 15 is 0 Å². The molecule has 1 aromatic rings. The van der Waals surface area contributed by atoms with Crippen LogP contribution in [0.25, 0.3) is 0 Å².